The maximum atomic E-state index is 11.7. The number of carbonyl (C=O) groups is 2. The van der Waals surface area contributed by atoms with Gasteiger partial charge in [-0.3, -0.25) is 4.79 Å². The fraction of sp³-hybridized carbons (Fsp3) is 0.333. The van der Waals surface area contributed by atoms with Gasteiger partial charge in [0.1, 0.15) is 0 Å². The van der Waals surface area contributed by atoms with E-state index in [9.17, 15) is 9.59 Å². The molecule has 86 valence electrons. The number of esters is 1. The maximum absolute atomic E-state index is 11.7. The Kier molecular flexibility index (Phi) is 3.66. The van der Waals surface area contributed by atoms with Gasteiger partial charge < -0.3 is 10.5 Å². The molecule has 1 aromatic rings. The molecule has 1 unspecified atom stereocenters. The molecule has 0 saturated heterocycles. The van der Waals surface area contributed by atoms with Gasteiger partial charge in [-0.15, -0.1) is 0 Å². The summed E-state index contributed by atoms with van der Waals surface area (Å²) in [5.41, 5.74) is 7.25. The Hall–Kier alpha value is -1.84. The summed E-state index contributed by atoms with van der Waals surface area (Å²) in [6.07, 6.45) is -0.910. The van der Waals surface area contributed by atoms with Crippen molar-refractivity contribution in [2.75, 3.05) is 0 Å². The van der Waals surface area contributed by atoms with Crippen LogP contribution < -0.4 is 5.73 Å². The molecule has 0 radical (unpaired) electrons. The highest BCUT2D eigenvalue weighted by atomic mass is 16.5. The van der Waals surface area contributed by atoms with Crippen LogP contribution in [0.25, 0.3) is 0 Å². The Bertz CT molecular complexity index is 426. The van der Waals surface area contributed by atoms with Gasteiger partial charge in [0.05, 0.1) is 5.56 Å². The van der Waals surface area contributed by atoms with Crippen LogP contribution in [0.15, 0.2) is 18.2 Å². The summed E-state index contributed by atoms with van der Waals surface area (Å²) in [6, 6.07) is 5.47. The molecule has 0 aliphatic carbocycles. The van der Waals surface area contributed by atoms with Crippen molar-refractivity contribution in [2.24, 2.45) is 5.73 Å². The first-order valence-corrected chi connectivity index (χ1v) is 4.99. The van der Waals surface area contributed by atoms with E-state index in [1.807, 2.05) is 26.0 Å². The first-order chi connectivity index (χ1) is 7.41. The van der Waals surface area contributed by atoms with Gasteiger partial charge in [-0.05, 0) is 32.4 Å². The maximum Gasteiger partial charge on any atom is 0.339 e. The van der Waals surface area contributed by atoms with Gasteiger partial charge in [0.15, 0.2) is 6.10 Å². The van der Waals surface area contributed by atoms with Crippen molar-refractivity contribution in [1.82, 2.24) is 0 Å². The molecule has 1 atom stereocenters. The fourth-order valence-corrected chi connectivity index (χ4v) is 1.24. The summed E-state index contributed by atoms with van der Waals surface area (Å²) in [5, 5.41) is 0. The third-order valence-electron chi connectivity index (χ3n) is 2.30. The summed E-state index contributed by atoms with van der Waals surface area (Å²) < 4.78 is 4.92. The summed E-state index contributed by atoms with van der Waals surface area (Å²) >= 11 is 0. The minimum absolute atomic E-state index is 0.466. The second kappa shape index (κ2) is 4.79. The lowest BCUT2D eigenvalue weighted by atomic mass is 10.1. The molecular formula is C12H15NO3. The SMILES string of the molecule is Cc1ccc(C)c(C(=O)OC(C)C(N)=O)c1. The van der Waals surface area contributed by atoms with E-state index in [0.717, 1.165) is 11.1 Å². The van der Waals surface area contributed by atoms with Crippen LogP contribution in [0, 0.1) is 13.8 Å². The lowest BCUT2D eigenvalue weighted by Gasteiger charge is -2.11. The largest absolute Gasteiger partial charge is 0.449 e. The van der Waals surface area contributed by atoms with Crippen molar-refractivity contribution < 1.29 is 14.3 Å². The Morgan fingerprint density at radius 1 is 1.31 bits per heavy atom. The minimum atomic E-state index is -0.910. The van der Waals surface area contributed by atoms with E-state index >= 15 is 0 Å². The van der Waals surface area contributed by atoms with Gasteiger partial charge >= 0.3 is 5.97 Å². The van der Waals surface area contributed by atoms with Gasteiger partial charge in [0, 0.05) is 0 Å². The number of hydrogen-bond acceptors (Lipinski definition) is 3. The van der Waals surface area contributed by atoms with Crippen LogP contribution >= 0.6 is 0 Å². The molecule has 4 heteroatoms. The third-order valence-corrected chi connectivity index (χ3v) is 2.30. The van der Waals surface area contributed by atoms with Crippen molar-refractivity contribution in [2.45, 2.75) is 26.9 Å². The van der Waals surface area contributed by atoms with Crippen LogP contribution in [0.5, 0.6) is 0 Å². The zero-order chi connectivity index (χ0) is 12.3. The summed E-state index contributed by atoms with van der Waals surface area (Å²) in [6.45, 7) is 5.14. The molecule has 0 aliphatic rings. The first-order valence-electron chi connectivity index (χ1n) is 4.99. The Morgan fingerprint density at radius 3 is 2.50 bits per heavy atom. The molecule has 1 rings (SSSR count). The predicted molar refractivity (Wildman–Crippen MR) is 60.0 cm³/mol. The predicted octanol–water partition coefficient (Wildman–Crippen LogP) is 1.33. The number of aryl methyl sites for hydroxylation is 2. The van der Waals surface area contributed by atoms with E-state index in [4.69, 9.17) is 10.5 Å². The standard InChI is InChI=1S/C12H15NO3/c1-7-4-5-8(2)10(6-7)12(15)16-9(3)11(13)14/h4-6,9H,1-3H3,(H2,13,14). The second-order valence-electron chi connectivity index (χ2n) is 3.77. The number of nitrogens with two attached hydrogens (primary N) is 1. The molecule has 0 bridgehead atoms. The molecule has 0 aromatic heterocycles. The number of benzene rings is 1. The first kappa shape index (κ1) is 12.2. The van der Waals surface area contributed by atoms with E-state index in [1.165, 1.54) is 6.92 Å². The molecule has 1 aromatic carbocycles. The van der Waals surface area contributed by atoms with Gasteiger partial charge in [-0.2, -0.15) is 0 Å². The third kappa shape index (κ3) is 2.82. The van der Waals surface area contributed by atoms with Crippen molar-refractivity contribution in [1.29, 1.82) is 0 Å². The zero-order valence-corrected chi connectivity index (χ0v) is 9.61. The lowest BCUT2D eigenvalue weighted by Crippen LogP contribution is -2.30. The average molecular weight is 221 g/mol. The fourth-order valence-electron chi connectivity index (χ4n) is 1.24. The topological polar surface area (TPSA) is 69.4 Å². The molecular weight excluding hydrogens is 206 g/mol. The van der Waals surface area contributed by atoms with Crippen LogP contribution in [-0.4, -0.2) is 18.0 Å². The summed E-state index contributed by atoms with van der Waals surface area (Å²) in [7, 11) is 0. The van der Waals surface area contributed by atoms with Crippen molar-refractivity contribution in [3.63, 3.8) is 0 Å². The van der Waals surface area contributed by atoms with Crippen molar-refractivity contribution >= 4 is 11.9 Å². The number of rotatable bonds is 3. The van der Waals surface area contributed by atoms with Gasteiger partial charge in [0.2, 0.25) is 0 Å². The summed E-state index contributed by atoms with van der Waals surface area (Å²) in [4.78, 5) is 22.5. The monoisotopic (exact) mass is 221 g/mol. The number of amides is 1. The van der Waals surface area contributed by atoms with E-state index in [2.05, 4.69) is 0 Å². The van der Waals surface area contributed by atoms with Crippen molar-refractivity contribution in [3.05, 3.63) is 34.9 Å². The van der Waals surface area contributed by atoms with Gasteiger partial charge in [-0.1, -0.05) is 17.7 Å². The number of primary amides is 1. The van der Waals surface area contributed by atoms with Crippen LogP contribution in [-0.2, 0) is 9.53 Å². The highest BCUT2D eigenvalue weighted by Gasteiger charge is 2.17. The summed E-state index contributed by atoms with van der Waals surface area (Å²) in [5.74, 6) is -1.17. The molecule has 0 spiro atoms. The van der Waals surface area contributed by atoms with Gasteiger partial charge in [0.25, 0.3) is 5.91 Å². The smallest absolute Gasteiger partial charge is 0.339 e. The Labute approximate surface area is 94.4 Å². The minimum Gasteiger partial charge on any atom is -0.449 e. The molecule has 0 aliphatic heterocycles. The quantitative estimate of drug-likeness (QED) is 0.783. The van der Waals surface area contributed by atoms with Crippen LogP contribution in [0.2, 0.25) is 0 Å². The normalized spacial score (nSPS) is 11.9. The molecule has 16 heavy (non-hydrogen) atoms. The van der Waals surface area contributed by atoms with Crippen LogP contribution in [0.4, 0.5) is 0 Å². The Balaban J connectivity index is 2.88. The Morgan fingerprint density at radius 2 is 1.94 bits per heavy atom. The molecule has 0 heterocycles. The number of hydrogen-bond donors (Lipinski definition) is 1. The van der Waals surface area contributed by atoms with E-state index in [0.29, 0.717) is 5.56 Å². The number of ether oxygens (including phenoxy) is 1. The van der Waals surface area contributed by atoms with E-state index in [1.54, 1.807) is 6.07 Å². The van der Waals surface area contributed by atoms with E-state index < -0.39 is 18.0 Å². The molecule has 1 amide bonds. The molecule has 0 fully saturated rings. The molecule has 2 N–H and O–H groups in total. The molecule has 0 saturated carbocycles. The van der Waals surface area contributed by atoms with Crippen molar-refractivity contribution in [3.8, 4) is 0 Å². The molecule has 4 nitrogen and oxygen atoms in total. The number of carbonyl (C=O) groups excluding carboxylic acids is 2. The van der Waals surface area contributed by atoms with Crippen LogP contribution in [0.3, 0.4) is 0 Å². The lowest BCUT2D eigenvalue weighted by molar-refractivity contribution is -0.125. The zero-order valence-electron chi connectivity index (χ0n) is 9.61. The average Bonchev–Trinajstić information content (AvgIpc) is 2.21. The van der Waals surface area contributed by atoms with E-state index in [-0.39, 0.29) is 0 Å². The highest BCUT2D eigenvalue weighted by molar-refractivity contribution is 5.93. The highest BCUT2D eigenvalue weighted by Crippen LogP contribution is 2.12. The van der Waals surface area contributed by atoms with Gasteiger partial charge in [-0.25, -0.2) is 4.79 Å². The second-order valence-corrected chi connectivity index (χ2v) is 3.77. The van der Waals surface area contributed by atoms with Crippen LogP contribution in [0.1, 0.15) is 28.4 Å².